The van der Waals surface area contributed by atoms with Gasteiger partial charge in [0.1, 0.15) is 23.4 Å². The molecule has 2 atom stereocenters. The number of halogens is 2. The number of hydrogen-bond acceptors (Lipinski definition) is 6. The fourth-order valence-electron chi connectivity index (χ4n) is 5.98. The Hall–Kier alpha value is -3.07. The molecule has 2 aromatic heterocycles. The molecule has 230 valence electrons. The van der Waals surface area contributed by atoms with Crippen LogP contribution in [-0.4, -0.2) is 64.4 Å². The van der Waals surface area contributed by atoms with Crippen LogP contribution in [0.3, 0.4) is 0 Å². The Morgan fingerprint density at radius 3 is 2.63 bits per heavy atom. The van der Waals surface area contributed by atoms with Crippen molar-refractivity contribution in [2.45, 2.75) is 64.5 Å². The molecule has 2 heterocycles. The summed E-state index contributed by atoms with van der Waals surface area (Å²) in [7, 11) is 1.89. The second kappa shape index (κ2) is 13.7. The van der Waals surface area contributed by atoms with E-state index < -0.39 is 5.60 Å². The average molecular weight is 626 g/mol. The first-order valence-electron chi connectivity index (χ1n) is 15.2. The lowest BCUT2D eigenvalue weighted by Crippen LogP contribution is -2.39. The van der Waals surface area contributed by atoms with E-state index >= 15 is 0 Å². The van der Waals surface area contributed by atoms with Crippen molar-refractivity contribution in [1.82, 2.24) is 24.8 Å². The molecule has 1 saturated carbocycles. The van der Waals surface area contributed by atoms with Crippen molar-refractivity contribution in [3.63, 3.8) is 0 Å². The summed E-state index contributed by atoms with van der Waals surface area (Å²) >= 11 is 12.4. The quantitative estimate of drug-likeness (QED) is 0.166. The van der Waals surface area contributed by atoms with Gasteiger partial charge in [0, 0.05) is 32.4 Å². The van der Waals surface area contributed by atoms with Crippen LogP contribution in [0.4, 0.5) is 10.6 Å². The molecule has 0 saturated heterocycles. The fraction of sp³-hybridized carbons (Fsp3) is 0.485. The average Bonchev–Trinajstić information content (AvgIpc) is 3.61. The van der Waals surface area contributed by atoms with Crippen LogP contribution in [0.5, 0.6) is 0 Å². The van der Waals surface area contributed by atoms with Gasteiger partial charge in [-0.05, 0) is 106 Å². The van der Waals surface area contributed by atoms with E-state index in [1.54, 1.807) is 6.33 Å². The van der Waals surface area contributed by atoms with Crippen molar-refractivity contribution in [2.24, 2.45) is 5.92 Å². The highest BCUT2D eigenvalue weighted by Gasteiger charge is 2.27. The van der Waals surface area contributed by atoms with Gasteiger partial charge in [0.2, 0.25) is 0 Å². The summed E-state index contributed by atoms with van der Waals surface area (Å²) in [6.45, 7) is 8.74. The minimum atomic E-state index is -0.544. The summed E-state index contributed by atoms with van der Waals surface area (Å²) in [4.78, 5) is 23.8. The highest BCUT2D eigenvalue weighted by molar-refractivity contribution is 6.42. The zero-order valence-corrected chi connectivity index (χ0v) is 27.0. The molecule has 43 heavy (non-hydrogen) atoms. The number of nitrogens with zero attached hydrogens (tertiary/aromatic N) is 4. The molecule has 0 aliphatic heterocycles. The third-order valence-electron chi connectivity index (χ3n) is 8.13. The summed E-state index contributed by atoms with van der Waals surface area (Å²) in [5.74, 6) is 1.49. The summed E-state index contributed by atoms with van der Waals surface area (Å²) in [5, 5.41) is 11.0. The summed E-state index contributed by atoms with van der Waals surface area (Å²) < 4.78 is 8.05. The SMILES string of the molecule is CNc1ncnc2c1ccn2C1CCC(CNCCCN(CCc2ccc3cc(Cl)c(Cl)cc3c2)C(=O)OC(C)(C)C)C1. The van der Waals surface area contributed by atoms with E-state index in [9.17, 15) is 4.79 Å². The Balaban J connectivity index is 1.11. The van der Waals surface area contributed by atoms with Gasteiger partial charge in [-0.25, -0.2) is 14.8 Å². The monoisotopic (exact) mass is 624 g/mol. The maximum atomic E-state index is 13.1. The summed E-state index contributed by atoms with van der Waals surface area (Å²) in [6, 6.07) is 12.6. The van der Waals surface area contributed by atoms with Crippen molar-refractivity contribution in [3.8, 4) is 0 Å². The van der Waals surface area contributed by atoms with E-state index in [1.807, 2.05) is 50.9 Å². The van der Waals surface area contributed by atoms with Gasteiger partial charge in [0.15, 0.2) is 0 Å². The molecule has 1 aliphatic carbocycles. The van der Waals surface area contributed by atoms with Crippen LogP contribution >= 0.6 is 23.2 Å². The first-order chi connectivity index (χ1) is 20.6. The number of anilines is 1. The van der Waals surface area contributed by atoms with Gasteiger partial charge in [-0.2, -0.15) is 0 Å². The standard InChI is InChI=1S/C33H42Cl2N6O2/c1-33(2,3)43-32(42)40(14-10-22-6-8-24-18-28(34)29(35)19-25(24)16-22)13-5-12-37-20-23-7-9-26(17-23)41-15-11-27-30(36-4)38-21-39-31(27)41/h6,8,11,15-16,18-19,21,23,26,37H,5,7,9-10,12-14,17,20H2,1-4H3,(H,36,38,39). The van der Waals surface area contributed by atoms with Crippen molar-refractivity contribution >= 4 is 56.9 Å². The van der Waals surface area contributed by atoms with Crippen LogP contribution in [0, 0.1) is 5.92 Å². The molecule has 2 aromatic carbocycles. The highest BCUT2D eigenvalue weighted by Crippen LogP contribution is 2.37. The van der Waals surface area contributed by atoms with E-state index in [0.29, 0.717) is 35.1 Å². The van der Waals surface area contributed by atoms with Gasteiger partial charge in [-0.15, -0.1) is 0 Å². The van der Waals surface area contributed by atoms with E-state index in [-0.39, 0.29) is 6.09 Å². The number of hydrogen-bond donors (Lipinski definition) is 2. The predicted octanol–water partition coefficient (Wildman–Crippen LogP) is 7.73. The Morgan fingerprint density at radius 1 is 1.07 bits per heavy atom. The number of aromatic nitrogens is 3. The Bertz CT molecular complexity index is 1570. The summed E-state index contributed by atoms with van der Waals surface area (Å²) in [5.41, 5.74) is 1.59. The molecule has 2 unspecified atom stereocenters. The first kappa shape index (κ1) is 31.4. The van der Waals surface area contributed by atoms with Crippen LogP contribution in [0.25, 0.3) is 21.8 Å². The van der Waals surface area contributed by atoms with Crippen molar-refractivity contribution < 1.29 is 9.53 Å². The third kappa shape index (κ3) is 7.91. The smallest absolute Gasteiger partial charge is 0.410 e. The lowest BCUT2D eigenvalue weighted by Gasteiger charge is -2.27. The molecule has 10 heteroatoms. The number of amides is 1. The molecule has 2 N–H and O–H groups in total. The lowest BCUT2D eigenvalue weighted by atomic mass is 10.0. The fourth-order valence-corrected chi connectivity index (χ4v) is 6.33. The number of ether oxygens (including phenoxy) is 1. The van der Waals surface area contributed by atoms with E-state index in [4.69, 9.17) is 27.9 Å². The molecule has 4 aromatic rings. The van der Waals surface area contributed by atoms with Crippen LogP contribution < -0.4 is 10.6 Å². The number of benzene rings is 2. The number of rotatable bonds is 11. The van der Waals surface area contributed by atoms with Crippen molar-refractivity contribution in [3.05, 3.63) is 64.5 Å². The molecule has 1 fully saturated rings. The zero-order valence-electron chi connectivity index (χ0n) is 25.5. The Labute approximate surface area is 264 Å². The van der Waals surface area contributed by atoms with E-state index in [1.165, 1.54) is 6.42 Å². The maximum Gasteiger partial charge on any atom is 0.410 e. The normalized spacial score (nSPS) is 17.1. The van der Waals surface area contributed by atoms with Gasteiger partial charge in [-0.1, -0.05) is 41.4 Å². The molecular weight excluding hydrogens is 583 g/mol. The van der Waals surface area contributed by atoms with Crippen molar-refractivity contribution in [1.29, 1.82) is 0 Å². The second-order valence-electron chi connectivity index (χ2n) is 12.5. The van der Waals surface area contributed by atoms with Crippen LogP contribution in [0.2, 0.25) is 10.0 Å². The van der Waals surface area contributed by atoms with Crippen LogP contribution in [0.15, 0.2) is 48.9 Å². The van der Waals surface area contributed by atoms with E-state index in [2.05, 4.69) is 49.6 Å². The molecule has 0 radical (unpaired) electrons. The van der Waals surface area contributed by atoms with Gasteiger partial charge in [0.05, 0.1) is 15.4 Å². The second-order valence-corrected chi connectivity index (χ2v) is 13.3. The molecule has 0 spiro atoms. The number of nitrogens with one attached hydrogen (secondary N) is 2. The van der Waals surface area contributed by atoms with Gasteiger partial charge < -0.3 is 24.8 Å². The Kier molecular flexibility index (Phi) is 9.99. The lowest BCUT2D eigenvalue weighted by molar-refractivity contribution is 0.0250. The first-order valence-corrected chi connectivity index (χ1v) is 15.9. The molecule has 8 nitrogen and oxygen atoms in total. The third-order valence-corrected chi connectivity index (χ3v) is 8.86. The molecular formula is C33H42Cl2N6O2. The molecule has 1 amide bonds. The number of fused-ring (bicyclic) bond motifs is 2. The predicted molar refractivity (Wildman–Crippen MR) is 176 cm³/mol. The minimum absolute atomic E-state index is 0.272. The van der Waals surface area contributed by atoms with Gasteiger partial charge >= 0.3 is 6.09 Å². The Morgan fingerprint density at radius 2 is 1.86 bits per heavy atom. The molecule has 1 aliphatic rings. The highest BCUT2D eigenvalue weighted by atomic mass is 35.5. The zero-order chi connectivity index (χ0) is 30.6. The van der Waals surface area contributed by atoms with Crippen molar-refractivity contribution in [2.75, 3.05) is 38.5 Å². The van der Waals surface area contributed by atoms with Crippen LogP contribution in [0.1, 0.15) is 58.1 Å². The summed E-state index contributed by atoms with van der Waals surface area (Å²) in [6.07, 6.45) is 8.55. The van der Waals surface area contributed by atoms with Gasteiger partial charge in [-0.3, -0.25) is 0 Å². The maximum absolute atomic E-state index is 13.1. The largest absolute Gasteiger partial charge is 0.444 e. The van der Waals surface area contributed by atoms with E-state index in [0.717, 1.165) is 72.0 Å². The minimum Gasteiger partial charge on any atom is -0.444 e. The number of carbonyl (C=O) groups is 1. The van der Waals surface area contributed by atoms with Gasteiger partial charge in [0.25, 0.3) is 0 Å². The molecule has 5 rings (SSSR count). The molecule has 0 bridgehead atoms. The number of carbonyl (C=O) groups excluding carboxylic acids is 1. The topological polar surface area (TPSA) is 84.3 Å². The van der Waals surface area contributed by atoms with Crippen LogP contribution in [-0.2, 0) is 11.2 Å².